The number of benzene rings is 2. The van der Waals surface area contributed by atoms with Crippen LogP contribution in [0.5, 0.6) is 0 Å². The fourth-order valence-electron chi connectivity index (χ4n) is 2.27. The zero-order valence-electron chi connectivity index (χ0n) is 13.4. The standard InChI is InChI=1S/C19H23NO3/c1-2-3-12-23-19(22)20-13-17-6-4-5-7-18(17)16-10-8-15(14-21)9-11-16/h4-11,21H,2-3,12-14H2,1H3,(H,20,22). The maximum Gasteiger partial charge on any atom is 0.407 e. The summed E-state index contributed by atoms with van der Waals surface area (Å²) < 4.78 is 5.10. The second-order valence-electron chi connectivity index (χ2n) is 5.36. The number of carbonyl (C=O) groups is 1. The van der Waals surface area contributed by atoms with Crippen molar-refractivity contribution in [2.24, 2.45) is 0 Å². The molecule has 2 N–H and O–H groups in total. The van der Waals surface area contributed by atoms with Crippen molar-refractivity contribution in [2.75, 3.05) is 6.61 Å². The van der Waals surface area contributed by atoms with Crippen LogP contribution < -0.4 is 5.32 Å². The minimum Gasteiger partial charge on any atom is -0.450 e. The molecule has 0 heterocycles. The molecule has 2 aromatic carbocycles. The van der Waals surface area contributed by atoms with Crippen LogP contribution in [-0.2, 0) is 17.9 Å². The van der Waals surface area contributed by atoms with Gasteiger partial charge >= 0.3 is 6.09 Å². The first kappa shape index (κ1) is 17.0. The first-order valence-electron chi connectivity index (χ1n) is 7.93. The second-order valence-corrected chi connectivity index (χ2v) is 5.36. The van der Waals surface area contributed by atoms with Crippen molar-refractivity contribution in [1.29, 1.82) is 0 Å². The van der Waals surface area contributed by atoms with Crippen molar-refractivity contribution in [3.8, 4) is 11.1 Å². The van der Waals surface area contributed by atoms with Crippen LogP contribution in [-0.4, -0.2) is 17.8 Å². The Morgan fingerprint density at radius 2 is 1.87 bits per heavy atom. The van der Waals surface area contributed by atoms with Crippen molar-refractivity contribution in [3.63, 3.8) is 0 Å². The van der Waals surface area contributed by atoms with E-state index in [0.717, 1.165) is 35.1 Å². The lowest BCUT2D eigenvalue weighted by Gasteiger charge is -2.11. The number of ether oxygens (including phenoxy) is 1. The van der Waals surface area contributed by atoms with E-state index in [-0.39, 0.29) is 12.7 Å². The molecular weight excluding hydrogens is 290 g/mol. The highest BCUT2D eigenvalue weighted by atomic mass is 16.5. The Kier molecular flexibility index (Phi) is 6.63. The van der Waals surface area contributed by atoms with E-state index in [2.05, 4.69) is 12.2 Å². The molecule has 0 aliphatic heterocycles. The number of rotatable bonds is 7. The number of alkyl carbamates (subject to hydrolysis) is 1. The number of hydrogen-bond acceptors (Lipinski definition) is 3. The van der Waals surface area contributed by atoms with Crippen molar-refractivity contribution in [3.05, 3.63) is 59.7 Å². The van der Waals surface area contributed by atoms with E-state index < -0.39 is 0 Å². The number of aliphatic hydroxyl groups excluding tert-OH is 1. The van der Waals surface area contributed by atoms with E-state index in [4.69, 9.17) is 9.84 Å². The summed E-state index contributed by atoms with van der Waals surface area (Å²) in [6.45, 7) is 2.96. The van der Waals surface area contributed by atoms with Gasteiger partial charge in [-0.25, -0.2) is 4.79 Å². The Hall–Kier alpha value is -2.33. The molecular formula is C19H23NO3. The summed E-state index contributed by atoms with van der Waals surface area (Å²) >= 11 is 0. The number of aliphatic hydroxyl groups is 1. The third kappa shape index (κ3) is 5.11. The summed E-state index contributed by atoms with van der Waals surface area (Å²) in [7, 11) is 0. The van der Waals surface area contributed by atoms with E-state index in [1.807, 2.05) is 48.5 Å². The average Bonchev–Trinajstić information content (AvgIpc) is 2.60. The normalized spacial score (nSPS) is 10.3. The lowest BCUT2D eigenvalue weighted by molar-refractivity contribution is 0.144. The highest BCUT2D eigenvalue weighted by molar-refractivity contribution is 5.70. The third-order valence-electron chi connectivity index (χ3n) is 3.62. The van der Waals surface area contributed by atoms with Gasteiger partial charge < -0.3 is 15.2 Å². The average molecular weight is 313 g/mol. The lowest BCUT2D eigenvalue weighted by atomic mass is 9.99. The fraction of sp³-hybridized carbons (Fsp3) is 0.316. The Morgan fingerprint density at radius 3 is 2.57 bits per heavy atom. The van der Waals surface area contributed by atoms with Gasteiger partial charge in [-0.05, 0) is 28.7 Å². The van der Waals surface area contributed by atoms with Gasteiger partial charge in [-0.2, -0.15) is 0 Å². The Labute approximate surface area is 137 Å². The molecule has 0 bridgehead atoms. The van der Waals surface area contributed by atoms with E-state index in [1.54, 1.807) is 0 Å². The van der Waals surface area contributed by atoms with Crippen LogP contribution in [0, 0.1) is 0 Å². The zero-order valence-corrected chi connectivity index (χ0v) is 13.4. The molecule has 4 nitrogen and oxygen atoms in total. The summed E-state index contributed by atoms with van der Waals surface area (Å²) in [4.78, 5) is 11.7. The van der Waals surface area contributed by atoms with Gasteiger partial charge in [-0.15, -0.1) is 0 Å². The molecule has 4 heteroatoms. The van der Waals surface area contributed by atoms with Crippen LogP contribution in [0.2, 0.25) is 0 Å². The molecule has 2 rings (SSSR count). The van der Waals surface area contributed by atoms with Gasteiger partial charge in [0.25, 0.3) is 0 Å². The summed E-state index contributed by atoms with van der Waals surface area (Å²) in [5.74, 6) is 0. The molecule has 0 spiro atoms. The van der Waals surface area contributed by atoms with Gasteiger partial charge in [0.2, 0.25) is 0 Å². The maximum absolute atomic E-state index is 11.7. The summed E-state index contributed by atoms with van der Waals surface area (Å²) in [5, 5.41) is 11.9. The van der Waals surface area contributed by atoms with Crippen LogP contribution >= 0.6 is 0 Å². The molecule has 2 aromatic rings. The van der Waals surface area contributed by atoms with Crippen molar-refractivity contribution in [1.82, 2.24) is 5.32 Å². The number of carbonyl (C=O) groups excluding carboxylic acids is 1. The molecule has 0 saturated carbocycles. The number of amides is 1. The minimum absolute atomic E-state index is 0.0348. The highest BCUT2D eigenvalue weighted by Crippen LogP contribution is 2.24. The van der Waals surface area contributed by atoms with Gasteiger partial charge in [0.15, 0.2) is 0 Å². The predicted octanol–water partition coefficient (Wildman–Crippen LogP) is 3.87. The number of hydrogen-bond donors (Lipinski definition) is 2. The van der Waals surface area contributed by atoms with Crippen molar-refractivity contribution < 1.29 is 14.6 Å². The number of nitrogens with one attached hydrogen (secondary N) is 1. The van der Waals surface area contributed by atoms with Gasteiger partial charge in [0, 0.05) is 6.54 Å². The van der Waals surface area contributed by atoms with Crippen LogP contribution in [0.15, 0.2) is 48.5 Å². The van der Waals surface area contributed by atoms with Gasteiger partial charge in [-0.1, -0.05) is 61.9 Å². The summed E-state index contributed by atoms with van der Waals surface area (Å²) in [6, 6.07) is 15.7. The number of unbranched alkanes of at least 4 members (excludes halogenated alkanes) is 1. The summed E-state index contributed by atoms with van der Waals surface area (Å²) in [5.41, 5.74) is 4.02. The first-order valence-corrected chi connectivity index (χ1v) is 7.93. The molecule has 0 saturated heterocycles. The molecule has 23 heavy (non-hydrogen) atoms. The topological polar surface area (TPSA) is 58.6 Å². The lowest BCUT2D eigenvalue weighted by Crippen LogP contribution is -2.24. The first-order chi connectivity index (χ1) is 11.2. The molecule has 0 atom stereocenters. The zero-order chi connectivity index (χ0) is 16.5. The van der Waals surface area contributed by atoms with Crippen molar-refractivity contribution in [2.45, 2.75) is 32.9 Å². The molecule has 122 valence electrons. The molecule has 0 fully saturated rings. The van der Waals surface area contributed by atoms with Gasteiger partial charge in [0.05, 0.1) is 13.2 Å². The fourth-order valence-corrected chi connectivity index (χ4v) is 2.27. The molecule has 1 amide bonds. The smallest absolute Gasteiger partial charge is 0.407 e. The quantitative estimate of drug-likeness (QED) is 0.763. The SMILES string of the molecule is CCCCOC(=O)NCc1ccccc1-c1ccc(CO)cc1. The minimum atomic E-state index is -0.385. The van der Waals surface area contributed by atoms with Crippen LogP contribution in [0.1, 0.15) is 30.9 Å². The van der Waals surface area contributed by atoms with Crippen LogP contribution in [0.3, 0.4) is 0 Å². The molecule has 0 aliphatic carbocycles. The van der Waals surface area contributed by atoms with Gasteiger partial charge in [0.1, 0.15) is 0 Å². The van der Waals surface area contributed by atoms with E-state index in [9.17, 15) is 4.79 Å². The summed E-state index contributed by atoms with van der Waals surface area (Å²) in [6.07, 6.45) is 1.49. The third-order valence-corrected chi connectivity index (χ3v) is 3.62. The largest absolute Gasteiger partial charge is 0.450 e. The van der Waals surface area contributed by atoms with Crippen LogP contribution in [0.25, 0.3) is 11.1 Å². The Morgan fingerprint density at radius 1 is 1.13 bits per heavy atom. The van der Waals surface area contributed by atoms with E-state index in [0.29, 0.717) is 13.2 Å². The molecule has 0 unspecified atom stereocenters. The van der Waals surface area contributed by atoms with Gasteiger partial charge in [-0.3, -0.25) is 0 Å². The van der Waals surface area contributed by atoms with E-state index in [1.165, 1.54) is 0 Å². The predicted molar refractivity (Wildman–Crippen MR) is 90.9 cm³/mol. The van der Waals surface area contributed by atoms with Crippen molar-refractivity contribution >= 4 is 6.09 Å². The molecule has 0 aromatic heterocycles. The molecule has 0 radical (unpaired) electrons. The van der Waals surface area contributed by atoms with E-state index >= 15 is 0 Å². The second kappa shape index (κ2) is 8.96. The van der Waals surface area contributed by atoms with Crippen LogP contribution in [0.4, 0.5) is 4.79 Å². The monoisotopic (exact) mass is 313 g/mol. The Bertz CT molecular complexity index is 623. The highest BCUT2D eigenvalue weighted by Gasteiger charge is 2.07. The maximum atomic E-state index is 11.7. The Balaban J connectivity index is 2.03. The molecule has 0 aliphatic rings.